The number of ether oxygens (including phenoxy) is 1. The van der Waals surface area contributed by atoms with Crippen LogP contribution in [0.4, 0.5) is 0 Å². The summed E-state index contributed by atoms with van der Waals surface area (Å²) in [5, 5.41) is 10.1. The van der Waals surface area contributed by atoms with E-state index in [1.165, 1.54) is 0 Å². The maximum atomic E-state index is 10.8. The van der Waals surface area contributed by atoms with Crippen LogP contribution in [-0.2, 0) is 4.74 Å². The van der Waals surface area contributed by atoms with Gasteiger partial charge in [0.15, 0.2) is 8.32 Å². The summed E-state index contributed by atoms with van der Waals surface area (Å²) >= 11 is 0. The Balaban J connectivity index is 2.14. The third-order valence-electron chi connectivity index (χ3n) is 5.24. The predicted molar refractivity (Wildman–Crippen MR) is 98.4 cm³/mol. The standard InChI is InChI=1S/C17H38N2O3Si/c1-15(2)23(21,16(3)4)12-6-11-22-14-17(20)13-19-9-7-18(5)8-10-19/h15-17,20-21H,6-14H2,1-5H3. The lowest BCUT2D eigenvalue weighted by Gasteiger charge is -2.34. The number of aliphatic hydroxyl groups excluding tert-OH is 1. The highest BCUT2D eigenvalue weighted by Gasteiger charge is 2.37. The lowest BCUT2D eigenvalue weighted by atomic mass is 10.3. The van der Waals surface area contributed by atoms with Crippen molar-refractivity contribution < 1.29 is 14.6 Å². The van der Waals surface area contributed by atoms with Gasteiger partial charge in [0, 0.05) is 39.3 Å². The van der Waals surface area contributed by atoms with Crippen molar-refractivity contribution in [2.45, 2.75) is 57.3 Å². The number of piperazine rings is 1. The maximum absolute atomic E-state index is 10.8. The third kappa shape index (κ3) is 7.19. The van der Waals surface area contributed by atoms with E-state index in [1.807, 2.05) is 0 Å². The molecule has 1 aliphatic rings. The number of aliphatic hydroxyl groups is 1. The van der Waals surface area contributed by atoms with Gasteiger partial charge in [-0.25, -0.2) is 0 Å². The van der Waals surface area contributed by atoms with Crippen molar-refractivity contribution in [3.05, 3.63) is 0 Å². The number of β-amino-alcohol motifs (C(OH)–C–C–N with tert-alkyl or cyclic N) is 1. The molecule has 0 amide bonds. The Kier molecular flexibility index (Phi) is 9.26. The first-order chi connectivity index (χ1) is 10.8. The molecule has 5 nitrogen and oxygen atoms in total. The zero-order chi connectivity index (χ0) is 17.5. The molecule has 0 aliphatic carbocycles. The van der Waals surface area contributed by atoms with Crippen LogP contribution in [0.15, 0.2) is 0 Å². The van der Waals surface area contributed by atoms with Crippen molar-refractivity contribution in [2.24, 2.45) is 0 Å². The quantitative estimate of drug-likeness (QED) is 0.466. The van der Waals surface area contributed by atoms with E-state index in [1.54, 1.807) is 0 Å². The molecule has 6 heteroatoms. The number of likely N-dealkylation sites (N-methyl/N-ethyl adjacent to an activating group) is 1. The first-order valence-electron chi connectivity index (χ1n) is 9.14. The topological polar surface area (TPSA) is 56.2 Å². The summed E-state index contributed by atoms with van der Waals surface area (Å²) in [5.41, 5.74) is 0.760. The molecule has 1 unspecified atom stereocenters. The highest BCUT2D eigenvalue weighted by atomic mass is 28.4. The minimum Gasteiger partial charge on any atom is -0.431 e. The fourth-order valence-electron chi connectivity index (χ4n) is 3.30. The normalized spacial score (nSPS) is 19.7. The number of hydrogen-bond acceptors (Lipinski definition) is 5. The van der Waals surface area contributed by atoms with Gasteiger partial charge in [0.05, 0.1) is 12.7 Å². The lowest BCUT2D eigenvalue weighted by molar-refractivity contribution is 0.00894. The van der Waals surface area contributed by atoms with Crippen LogP contribution in [0.25, 0.3) is 0 Å². The molecular weight excluding hydrogens is 308 g/mol. The van der Waals surface area contributed by atoms with Gasteiger partial charge in [0.1, 0.15) is 0 Å². The summed E-state index contributed by atoms with van der Waals surface area (Å²) in [6.07, 6.45) is 0.477. The molecule has 0 bridgehead atoms. The summed E-state index contributed by atoms with van der Waals surface area (Å²) in [6.45, 7) is 14.4. The molecule has 2 N–H and O–H groups in total. The van der Waals surface area contributed by atoms with Crippen LogP contribution in [0, 0.1) is 0 Å². The van der Waals surface area contributed by atoms with Gasteiger partial charge in [-0.1, -0.05) is 27.7 Å². The molecule has 1 fully saturated rings. The fraction of sp³-hybridized carbons (Fsp3) is 1.00. The van der Waals surface area contributed by atoms with Crippen LogP contribution in [0.2, 0.25) is 17.1 Å². The highest BCUT2D eigenvalue weighted by Crippen LogP contribution is 2.34. The van der Waals surface area contributed by atoms with Crippen molar-refractivity contribution in [3.8, 4) is 0 Å². The SMILES string of the molecule is CC(C)[Si](O)(CCCOCC(O)CN1CCN(C)CC1)C(C)C. The van der Waals surface area contributed by atoms with E-state index < -0.39 is 14.4 Å². The zero-order valence-electron chi connectivity index (χ0n) is 15.8. The molecule has 0 saturated carbocycles. The number of nitrogens with zero attached hydrogens (tertiary/aromatic N) is 2. The van der Waals surface area contributed by atoms with Gasteiger partial charge in [-0.2, -0.15) is 0 Å². The summed E-state index contributed by atoms with van der Waals surface area (Å²) in [4.78, 5) is 15.5. The smallest absolute Gasteiger partial charge is 0.193 e. The molecule has 0 radical (unpaired) electrons. The molecule has 1 atom stereocenters. The monoisotopic (exact) mass is 346 g/mol. The van der Waals surface area contributed by atoms with Gasteiger partial charge in [0.2, 0.25) is 0 Å². The molecule has 0 aromatic heterocycles. The largest absolute Gasteiger partial charge is 0.431 e. The van der Waals surface area contributed by atoms with E-state index in [-0.39, 0.29) is 0 Å². The van der Waals surface area contributed by atoms with E-state index >= 15 is 0 Å². The van der Waals surface area contributed by atoms with Crippen molar-refractivity contribution >= 4 is 8.32 Å². The van der Waals surface area contributed by atoms with E-state index in [0.717, 1.165) is 38.6 Å². The Bertz CT molecular complexity index is 313. The van der Waals surface area contributed by atoms with Crippen LogP contribution < -0.4 is 0 Å². The number of rotatable bonds is 10. The van der Waals surface area contributed by atoms with Crippen molar-refractivity contribution in [1.29, 1.82) is 0 Å². The van der Waals surface area contributed by atoms with E-state index in [4.69, 9.17) is 4.74 Å². The van der Waals surface area contributed by atoms with Crippen LogP contribution in [0.3, 0.4) is 0 Å². The molecule has 0 spiro atoms. The molecule has 1 heterocycles. The van der Waals surface area contributed by atoms with Crippen LogP contribution in [0.1, 0.15) is 34.1 Å². The average molecular weight is 347 g/mol. The molecule has 0 aromatic rings. The second-order valence-electron chi connectivity index (χ2n) is 7.74. The van der Waals surface area contributed by atoms with Crippen LogP contribution in [0.5, 0.6) is 0 Å². The van der Waals surface area contributed by atoms with E-state index in [0.29, 0.717) is 30.8 Å². The van der Waals surface area contributed by atoms with Crippen LogP contribution in [-0.4, -0.2) is 87.1 Å². The fourth-order valence-corrected chi connectivity index (χ4v) is 6.50. The number of hydrogen-bond donors (Lipinski definition) is 2. The zero-order valence-corrected chi connectivity index (χ0v) is 16.8. The molecule has 0 aromatic carbocycles. The summed E-state index contributed by atoms with van der Waals surface area (Å²) in [5.74, 6) is 0. The van der Waals surface area contributed by atoms with Crippen molar-refractivity contribution in [2.75, 3.05) is 53.0 Å². The third-order valence-corrected chi connectivity index (χ3v) is 10.4. The van der Waals surface area contributed by atoms with Crippen molar-refractivity contribution in [1.82, 2.24) is 9.80 Å². The summed E-state index contributed by atoms with van der Waals surface area (Å²) < 4.78 is 5.64. The summed E-state index contributed by atoms with van der Waals surface area (Å²) in [7, 11) is -0.0437. The molecule has 138 valence electrons. The minimum absolute atomic E-state index is 0.380. The molecule has 23 heavy (non-hydrogen) atoms. The van der Waals surface area contributed by atoms with Gasteiger partial charge in [0.25, 0.3) is 0 Å². The van der Waals surface area contributed by atoms with Gasteiger partial charge in [-0.3, -0.25) is 4.90 Å². The second kappa shape index (κ2) is 10.1. The molecular formula is C17H38N2O3Si. The average Bonchev–Trinajstić information content (AvgIpc) is 2.48. The van der Waals surface area contributed by atoms with Crippen LogP contribution >= 0.6 is 0 Å². The lowest BCUT2D eigenvalue weighted by Crippen LogP contribution is -2.47. The summed E-state index contributed by atoms with van der Waals surface area (Å²) in [6, 6.07) is 0.886. The predicted octanol–water partition coefficient (Wildman–Crippen LogP) is 1.76. The van der Waals surface area contributed by atoms with Crippen molar-refractivity contribution in [3.63, 3.8) is 0 Å². The molecule has 1 saturated heterocycles. The Morgan fingerprint density at radius 1 is 1.04 bits per heavy atom. The second-order valence-corrected chi connectivity index (χ2v) is 12.5. The molecule has 1 aliphatic heterocycles. The van der Waals surface area contributed by atoms with Gasteiger partial charge in [-0.05, 0) is 30.6 Å². The maximum Gasteiger partial charge on any atom is 0.193 e. The Morgan fingerprint density at radius 3 is 2.13 bits per heavy atom. The molecule has 1 rings (SSSR count). The Hall–Kier alpha value is 0.0169. The van der Waals surface area contributed by atoms with Gasteiger partial charge < -0.3 is 19.5 Å². The highest BCUT2D eigenvalue weighted by molar-refractivity contribution is 6.75. The minimum atomic E-state index is -2.18. The Labute approximate surface area is 143 Å². The first-order valence-corrected chi connectivity index (χ1v) is 11.5. The first kappa shape index (κ1) is 21.1. The van der Waals surface area contributed by atoms with E-state index in [9.17, 15) is 9.90 Å². The van der Waals surface area contributed by atoms with Gasteiger partial charge in [-0.15, -0.1) is 0 Å². The Morgan fingerprint density at radius 2 is 1.61 bits per heavy atom. The van der Waals surface area contributed by atoms with Gasteiger partial charge >= 0.3 is 0 Å². The van der Waals surface area contributed by atoms with E-state index in [2.05, 4.69) is 44.5 Å².